The highest BCUT2D eigenvalue weighted by molar-refractivity contribution is 5.80. The van der Waals surface area contributed by atoms with Gasteiger partial charge in [-0.3, -0.25) is 5.43 Å². The van der Waals surface area contributed by atoms with E-state index in [1.54, 1.807) is 12.3 Å². The Morgan fingerprint density at radius 2 is 2.12 bits per heavy atom. The topological polar surface area (TPSA) is 36.1 Å². The molecule has 0 radical (unpaired) electrons. The molecule has 5 heteroatoms. The first-order valence-electron chi connectivity index (χ1n) is 5.58. The second kappa shape index (κ2) is 4.71. The number of anilines is 1. The van der Waals surface area contributed by atoms with E-state index in [0.29, 0.717) is 5.56 Å². The molecular weight excluding hydrogens is 224 g/mol. The van der Waals surface area contributed by atoms with E-state index in [2.05, 4.69) is 16.2 Å². The Labute approximate surface area is 98.9 Å². The first-order valence-corrected chi connectivity index (χ1v) is 5.58. The van der Waals surface area contributed by atoms with Crippen molar-refractivity contribution >= 4 is 11.3 Å². The molecule has 3 nitrogen and oxygen atoms in total. The van der Waals surface area contributed by atoms with E-state index in [9.17, 15) is 8.78 Å². The molecule has 0 aliphatic carbocycles. The molecule has 1 heterocycles. The minimum atomic E-state index is -0.857. The Balaban J connectivity index is 2.42. The van der Waals surface area contributed by atoms with Crippen LogP contribution in [0.1, 0.15) is 19.4 Å². The average Bonchev–Trinajstić information content (AvgIpc) is 2.33. The molecule has 3 N–H and O–H groups in total. The van der Waals surface area contributed by atoms with Crippen molar-refractivity contribution in [3.05, 3.63) is 35.5 Å². The van der Waals surface area contributed by atoms with Crippen LogP contribution in [-0.2, 0) is 0 Å². The quantitative estimate of drug-likeness (QED) is 0.757. The molecule has 0 bridgehead atoms. The van der Waals surface area contributed by atoms with E-state index in [-0.39, 0.29) is 11.7 Å². The van der Waals surface area contributed by atoms with Crippen LogP contribution in [-0.4, -0.2) is 12.6 Å². The molecule has 1 atom stereocenters. The summed E-state index contributed by atoms with van der Waals surface area (Å²) in [5.41, 5.74) is 7.11. The number of nitrogens with one attached hydrogen (secondary N) is 3. The normalized spacial score (nSPS) is 15.4. The van der Waals surface area contributed by atoms with Crippen molar-refractivity contribution < 1.29 is 8.78 Å². The highest BCUT2D eigenvalue weighted by Gasteiger charge is 2.21. The van der Waals surface area contributed by atoms with Crippen LogP contribution in [0.5, 0.6) is 0 Å². The van der Waals surface area contributed by atoms with Gasteiger partial charge in [-0.2, -0.15) is 0 Å². The summed E-state index contributed by atoms with van der Waals surface area (Å²) in [4.78, 5) is 0. The monoisotopic (exact) mass is 239 g/mol. The second-order valence-corrected chi connectivity index (χ2v) is 3.93. The summed E-state index contributed by atoms with van der Waals surface area (Å²) in [5, 5.41) is 3.24. The van der Waals surface area contributed by atoms with Crippen LogP contribution in [0.15, 0.2) is 18.3 Å². The Morgan fingerprint density at radius 1 is 1.35 bits per heavy atom. The number of fused-ring (bicyclic) bond motifs is 1. The van der Waals surface area contributed by atoms with E-state index in [1.165, 1.54) is 0 Å². The summed E-state index contributed by atoms with van der Waals surface area (Å²) in [5.74, 6) is -1.71. The molecule has 0 saturated heterocycles. The summed E-state index contributed by atoms with van der Waals surface area (Å²) < 4.78 is 26.7. The molecule has 1 aromatic carbocycles. The maximum atomic E-state index is 13.6. The van der Waals surface area contributed by atoms with Gasteiger partial charge in [-0.25, -0.2) is 8.78 Å². The van der Waals surface area contributed by atoms with Gasteiger partial charge in [0.1, 0.15) is 5.69 Å². The lowest BCUT2D eigenvalue weighted by atomic mass is 9.97. The minimum absolute atomic E-state index is 0.0678. The minimum Gasteiger partial charge on any atom is -0.310 e. The molecule has 0 aromatic heterocycles. The SMILES string of the molecule is CCNC(C)C1=CNNc2c1ccc(F)c2F. The summed E-state index contributed by atoms with van der Waals surface area (Å²) in [6, 6.07) is 2.80. The zero-order chi connectivity index (χ0) is 12.4. The van der Waals surface area contributed by atoms with Gasteiger partial charge in [0, 0.05) is 17.8 Å². The van der Waals surface area contributed by atoms with Crippen molar-refractivity contribution in [3.63, 3.8) is 0 Å². The predicted molar refractivity (Wildman–Crippen MR) is 64.2 cm³/mol. The smallest absolute Gasteiger partial charge is 0.184 e. The molecule has 1 aliphatic heterocycles. The van der Waals surface area contributed by atoms with Crippen molar-refractivity contribution in [2.24, 2.45) is 0 Å². The molecule has 1 aliphatic rings. The van der Waals surface area contributed by atoms with Crippen LogP contribution < -0.4 is 16.2 Å². The van der Waals surface area contributed by atoms with E-state index in [4.69, 9.17) is 0 Å². The van der Waals surface area contributed by atoms with E-state index < -0.39 is 11.6 Å². The van der Waals surface area contributed by atoms with Gasteiger partial charge < -0.3 is 10.7 Å². The molecule has 0 spiro atoms. The van der Waals surface area contributed by atoms with Crippen molar-refractivity contribution in [2.45, 2.75) is 19.9 Å². The highest BCUT2D eigenvalue weighted by Crippen LogP contribution is 2.31. The van der Waals surface area contributed by atoms with Crippen LogP contribution in [0, 0.1) is 11.6 Å². The van der Waals surface area contributed by atoms with E-state index in [0.717, 1.165) is 18.2 Å². The highest BCUT2D eigenvalue weighted by atomic mass is 19.2. The maximum Gasteiger partial charge on any atom is 0.184 e. The number of benzene rings is 1. The fourth-order valence-electron chi connectivity index (χ4n) is 1.95. The van der Waals surface area contributed by atoms with Gasteiger partial charge in [0.25, 0.3) is 0 Å². The lowest BCUT2D eigenvalue weighted by Gasteiger charge is -2.25. The van der Waals surface area contributed by atoms with Crippen LogP contribution >= 0.6 is 0 Å². The van der Waals surface area contributed by atoms with Gasteiger partial charge in [-0.05, 0) is 31.2 Å². The zero-order valence-electron chi connectivity index (χ0n) is 9.77. The molecule has 0 amide bonds. The third-order valence-corrected chi connectivity index (χ3v) is 2.81. The van der Waals surface area contributed by atoms with Crippen LogP contribution in [0.2, 0.25) is 0 Å². The number of rotatable bonds is 3. The molecule has 1 aromatic rings. The van der Waals surface area contributed by atoms with Gasteiger partial charge in [0.15, 0.2) is 11.6 Å². The number of hydrogen-bond acceptors (Lipinski definition) is 3. The van der Waals surface area contributed by atoms with Crippen LogP contribution in [0.4, 0.5) is 14.5 Å². The van der Waals surface area contributed by atoms with Gasteiger partial charge in [0.05, 0.1) is 0 Å². The van der Waals surface area contributed by atoms with Crippen LogP contribution in [0.25, 0.3) is 5.57 Å². The Kier molecular flexibility index (Phi) is 3.28. The summed E-state index contributed by atoms with van der Waals surface area (Å²) in [6.45, 7) is 4.79. The molecule has 92 valence electrons. The van der Waals surface area contributed by atoms with Gasteiger partial charge >= 0.3 is 0 Å². The fraction of sp³-hybridized carbons (Fsp3) is 0.333. The molecule has 2 rings (SSSR count). The molecule has 17 heavy (non-hydrogen) atoms. The lowest BCUT2D eigenvalue weighted by molar-refractivity contribution is 0.509. The third kappa shape index (κ3) is 2.10. The van der Waals surface area contributed by atoms with Crippen molar-refractivity contribution in [2.75, 3.05) is 12.0 Å². The van der Waals surface area contributed by atoms with Crippen LogP contribution in [0.3, 0.4) is 0 Å². The molecule has 0 saturated carbocycles. The van der Waals surface area contributed by atoms with E-state index in [1.807, 2.05) is 13.8 Å². The Morgan fingerprint density at radius 3 is 2.82 bits per heavy atom. The number of halogens is 2. The summed E-state index contributed by atoms with van der Waals surface area (Å²) in [6.07, 6.45) is 1.76. The van der Waals surface area contributed by atoms with Gasteiger partial charge in [-0.15, -0.1) is 0 Å². The number of likely N-dealkylation sites (N-methyl/N-ethyl adjacent to an activating group) is 1. The van der Waals surface area contributed by atoms with Crippen molar-refractivity contribution in [1.29, 1.82) is 0 Å². The lowest BCUT2D eigenvalue weighted by Crippen LogP contribution is -2.32. The Hall–Kier alpha value is -1.62. The standard InChI is InChI=1S/C12H15F2N3/c1-3-15-7(2)9-6-16-17-12-8(9)4-5-10(13)11(12)14/h4-7,15-17H,3H2,1-2H3. The summed E-state index contributed by atoms with van der Waals surface area (Å²) in [7, 11) is 0. The zero-order valence-corrected chi connectivity index (χ0v) is 9.77. The maximum absolute atomic E-state index is 13.6. The second-order valence-electron chi connectivity index (χ2n) is 3.93. The molecule has 0 fully saturated rings. The van der Waals surface area contributed by atoms with E-state index >= 15 is 0 Å². The predicted octanol–water partition coefficient (Wildman–Crippen LogP) is 2.23. The van der Waals surface area contributed by atoms with Gasteiger partial charge in [-0.1, -0.05) is 6.92 Å². The third-order valence-electron chi connectivity index (χ3n) is 2.81. The fourth-order valence-corrected chi connectivity index (χ4v) is 1.95. The number of hydrogen-bond donors (Lipinski definition) is 3. The number of hydrazine groups is 1. The van der Waals surface area contributed by atoms with Crippen molar-refractivity contribution in [1.82, 2.24) is 10.7 Å². The average molecular weight is 239 g/mol. The van der Waals surface area contributed by atoms with Gasteiger partial charge in [0.2, 0.25) is 0 Å². The first-order chi connectivity index (χ1) is 8.15. The largest absolute Gasteiger partial charge is 0.310 e. The Bertz CT molecular complexity index is 457. The van der Waals surface area contributed by atoms with Crippen molar-refractivity contribution in [3.8, 4) is 0 Å². The first kappa shape index (κ1) is 11.9. The summed E-state index contributed by atoms with van der Waals surface area (Å²) >= 11 is 0. The molecular formula is C12H15F2N3. The molecule has 1 unspecified atom stereocenters.